The Kier molecular flexibility index (Phi) is 4.28. The van der Waals surface area contributed by atoms with Crippen LogP contribution in [0.15, 0.2) is 0 Å². The summed E-state index contributed by atoms with van der Waals surface area (Å²) in [6.45, 7) is 1.93. The minimum Gasteiger partial charge on any atom is -0.337 e. The highest BCUT2D eigenvalue weighted by molar-refractivity contribution is 8.00. The van der Waals surface area contributed by atoms with Gasteiger partial charge in [0.1, 0.15) is 6.54 Å². The van der Waals surface area contributed by atoms with Crippen LogP contribution in [0.3, 0.4) is 0 Å². The summed E-state index contributed by atoms with van der Waals surface area (Å²) in [5.74, 6) is 1.37. The number of thioether (sulfide) groups is 1. The zero-order chi connectivity index (χ0) is 12.3. The summed E-state index contributed by atoms with van der Waals surface area (Å²) >= 11 is 1.58. The van der Waals surface area contributed by atoms with E-state index < -0.39 is 0 Å². The molecule has 1 unspecified atom stereocenters. The Bertz CT molecular complexity index is 311. The van der Waals surface area contributed by atoms with Crippen molar-refractivity contribution in [3.8, 4) is 0 Å². The zero-order valence-corrected chi connectivity index (χ0v) is 11.0. The molecule has 17 heavy (non-hydrogen) atoms. The predicted octanol–water partition coefficient (Wildman–Crippen LogP) is -0.270. The lowest BCUT2D eigenvalue weighted by molar-refractivity contribution is -0.138. The Labute approximate surface area is 106 Å². The van der Waals surface area contributed by atoms with Crippen LogP contribution >= 0.6 is 11.8 Å². The number of amides is 2. The van der Waals surface area contributed by atoms with E-state index in [0.717, 1.165) is 25.9 Å². The van der Waals surface area contributed by atoms with Gasteiger partial charge in [-0.1, -0.05) is 0 Å². The fourth-order valence-corrected chi connectivity index (χ4v) is 3.31. The Morgan fingerprint density at radius 3 is 3.06 bits per heavy atom. The molecule has 0 saturated carbocycles. The Morgan fingerprint density at radius 2 is 2.41 bits per heavy atom. The maximum absolute atomic E-state index is 12.1. The van der Waals surface area contributed by atoms with E-state index in [1.807, 2.05) is 11.9 Å². The standard InChI is InChI=1S/C11H19N3O2S/c1-12-5-9-3-2-4-14(9)10(15)6-13-8-17-7-11(13)16/h9,12H,2-8H2,1H3. The normalized spacial score (nSPS) is 24.8. The lowest BCUT2D eigenvalue weighted by atomic mass is 10.2. The monoisotopic (exact) mass is 257 g/mol. The fourth-order valence-electron chi connectivity index (χ4n) is 2.41. The van der Waals surface area contributed by atoms with Crippen LogP contribution in [0.25, 0.3) is 0 Å². The molecule has 2 aliphatic heterocycles. The fraction of sp³-hybridized carbons (Fsp3) is 0.818. The maximum Gasteiger partial charge on any atom is 0.242 e. The molecule has 2 heterocycles. The lowest BCUT2D eigenvalue weighted by Gasteiger charge is -2.26. The summed E-state index contributed by atoms with van der Waals surface area (Å²) in [5.41, 5.74) is 0. The van der Waals surface area contributed by atoms with Gasteiger partial charge >= 0.3 is 0 Å². The average Bonchev–Trinajstić information content (AvgIpc) is 2.89. The van der Waals surface area contributed by atoms with Crippen molar-refractivity contribution in [3.05, 3.63) is 0 Å². The van der Waals surface area contributed by atoms with E-state index in [1.165, 1.54) is 0 Å². The minimum atomic E-state index is 0.0905. The first-order chi connectivity index (χ1) is 8.22. The Balaban J connectivity index is 1.88. The van der Waals surface area contributed by atoms with E-state index in [1.54, 1.807) is 16.7 Å². The molecule has 5 nitrogen and oxygen atoms in total. The molecule has 0 aliphatic carbocycles. The van der Waals surface area contributed by atoms with Gasteiger partial charge in [0.2, 0.25) is 11.8 Å². The van der Waals surface area contributed by atoms with Crippen LogP contribution in [0.5, 0.6) is 0 Å². The van der Waals surface area contributed by atoms with Crippen LogP contribution in [0.1, 0.15) is 12.8 Å². The van der Waals surface area contributed by atoms with Gasteiger partial charge in [0.05, 0.1) is 11.6 Å². The number of rotatable bonds is 4. The summed E-state index contributed by atoms with van der Waals surface area (Å²) in [7, 11) is 1.90. The zero-order valence-electron chi connectivity index (χ0n) is 10.1. The van der Waals surface area contributed by atoms with Crippen LogP contribution in [-0.4, -0.2) is 66.0 Å². The van der Waals surface area contributed by atoms with Gasteiger partial charge in [-0.3, -0.25) is 9.59 Å². The summed E-state index contributed by atoms with van der Waals surface area (Å²) < 4.78 is 0. The second kappa shape index (κ2) is 5.73. The van der Waals surface area contributed by atoms with E-state index in [9.17, 15) is 9.59 Å². The van der Waals surface area contributed by atoms with Gasteiger partial charge in [-0.25, -0.2) is 0 Å². The van der Waals surface area contributed by atoms with Gasteiger partial charge in [0.25, 0.3) is 0 Å². The van der Waals surface area contributed by atoms with Crippen molar-refractivity contribution in [2.75, 3.05) is 38.3 Å². The van der Waals surface area contributed by atoms with Crippen molar-refractivity contribution in [3.63, 3.8) is 0 Å². The minimum absolute atomic E-state index is 0.0905. The number of carbonyl (C=O) groups is 2. The molecular formula is C11H19N3O2S. The highest BCUT2D eigenvalue weighted by atomic mass is 32.2. The van der Waals surface area contributed by atoms with Crippen molar-refractivity contribution in [1.29, 1.82) is 0 Å². The van der Waals surface area contributed by atoms with Crippen molar-refractivity contribution < 1.29 is 9.59 Å². The molecule has 1 atom stereocenters. The van der Waals surface area contributed by atoms with Gasteiger partial charge in [-0.2, -0.15) is 0 Å². The molecule has 2 rings (SSSR count). The molecule has 6 heteroatoms. The quantitative estimate of drug-likeness (QED) is 0.753. The highest BCUT2D eigenvalue weighted by Crippen LogP contribution is 2.19. The third-order valence-corrected chi connectivity index (χ3v) is 4.23. The first kappa shape index (κ1) is 12.7. The molecule has 2 fully saturated rings. The number of carbonyl (C=O) groups excluding carboxylic acids is 2. The summed E-state index contributed by atoms with van der Waals surface area (Å²) in [6, 6.07) is 0.304. The van der Waals surface area contributed by atoms with Gasteiger partial charge in [0.15, 0.2) is 0 Å². The molecule has 0 spiro atoms. The number of likely N-dealkylation sites (tertiary alicyclic amines) is 1. The molecule has 96 valence electrons. The summed E-state index contributed by atoms with van der Waals surface area (Å²) in [5, 5.41) is 3.12. The van der Waals surface area contributed by atoms with E-state index in [0.29, 0.717) is 17.7 Å². The van der Waals surface area contributed by atoms with Crippen molar-refractivity contribution in [2.45, 2.75) is 18.9 Å². The van der Waals surface area contributed by atoms with Gasteiger partial charge in [0, 0.05) is 19.1 Å². The van der Waals surface area contributed by atoms with E-state index >= 15 is 0 Å². The average molecular weight is 257 g/mol. The van der Waals surface area contributed by atoms with E-state index in [4.69, 9.17) is 0 Å². The predicted molar refractivity (Wildman–Crippen MR) is 67.7 cm³/mol. The third-order valence-electron chi connectivity index (χ3n) is 3.29. The Morgan fingerprint density at radius 1 is 1.59 bits per heavy atom. The largest absolute Gasteiger partial charge is 0.337 e. The maximum atomic E-state index is 12.1. The van der Waals surface area contributed by atoms with Crippen molar-refractivity contribution >= 4 is 23.6 Å². The van der Waals surface area contributed by atoms with Gasteiger partial charge < -0.3 is 15.1 Å². The molecule has 2 amide bonds. The number of likely N-dealkylation sites (N-methyl/N-ethyl adjacent to an activating group) is 1. The van der Waals surface area contributed by atoms with Crippen LogP contribution < -0.4 is 5.32 Å². The SMILES string of the molecule is CNCC1CCCN1C(=O)CN1CSCC1=O. The highest BCUT2D eigenvalue weighted by Gasteiger charge is 2.31. The Hall–Kier alpha value is -0.750. The van der Waals surface area contributed by atoms with Crippen LogP contribution in [0.4, 0.5) is 0 Å². The molecule has 2 aliphatic rings. The summed E-state index contributed by atoms with van der Waals surface area (Å²) in [6.07, 6.45) is 2.13. The second-order valence-corrected chi connectivity index (χ2v) is 5.47. The van der Waals surface area contributed by atoms with Crippen LogP contribution in [0.2, 0.25) is 0 Å². The molecule has 0 aromatic carbocycles. The van der Waals surface area contributed by atoms with E-state index in [2.05, 4.69) is 5.32 Å². The number of nitrogens with zero attached hydrogens (tertiary/aromatic N) is 2. The van der Waals surface area contributed by atoms with Crippen LogP contribution in [-0.2, 0) is 9.59 Å². The first-order valence-corrected chi connectivity index (χ1v) is 7.17. The van der Waals surface area contributed by atoms with E-state index in [-0.39, 0.29) is 18.4 Å². The molecular weight excluding hydrogens is 238 g/mol. The summed E-state index contributed by atoms with van der Waals surface area (Å²) in [4.78, 5) is 27.2. The van der Waals surface area contributed by atoms with Gasteiger partial charge in [-0.15, -0.1) is 11.8 Å². The lowest BCUT2D eigenvalue weighted by Crippen LogP contribution is -2.46. The molecule has 0 aromatic heterocycles. The van der Waals surface area contributed by atoms with Crippen molar-refractivity contribution in [2.24, 2.45) is 0 Å². The molecule has 1 N–H and O–H groups in total. The van der Waals surface area contributed by atoms with Crippen LogP contribution in [0, 0.1) is 0 Å². The molecule has 2 saturated heterocycles. The number of hydrogen-bond donors (Lipinski definition) is 1. The molecule has 0 bridgehead atoms. The third kappa shape index (κ3) is 2.93. The van der Waals surface area contributed by atoms with Crippen molar-refractivity contribution in [1.82, 2.24) is 15.1 Å². The van der Waals surface area contributed by atoms with Gasteiger partial charge in [-0.05, 0) is 19.9 Å². The molecule has 0 radical (unpaired) electrons. The first-order valence-electron chi connectivity index (χ1n) is 6.02. The second-order valence-electron chi connectivity index (χ2n) is 4.51. The topological polar surface area (TPSA) is 52.7 Å². The smallest absolute Gasteiger partial charge is 0.242 e. The number of nitrogens with one attached hydrogen (secondary N) is 1. The molecule has 0 aromatic rings. The number of hydrogen-bond acceptors (Lipinski definition) is 4.